The summed E-state index contributed by atoms with van der Waals surface area (Å²) >= 11 is 13.2. The third-order valence-corrected chi connectivity index (χ3v) is 6.11. The SMILES string of the molecule is CCN(Cc1ccccc1)C(=O)Nc1sc(-c2ccc(Cl)c(Cl)c2)cc1C(=O)O. The first kappa shape index (κ1) is 21.2. The summed E-state index contributed by atoms with van der Waals surface area (Å²) in [5.74, 6) is -1.12. The summed E-state index contributed by atoms with van der Waals surface area (Å²) in [5, 5.41) is 13.4. The highest BCUT2D eigenvalue weighted by Gasteiger charge is 2.21. The number of aromatic carboxylic acids is 1. The van der Waals surface area contributed by atoms with Gasteiger partial charge < -0.3 is 10.0 Å². The second kappa shape index (κ2) is 9.31. The Labute approximate surface area is 182 Å². The number of anilines is 1. The third kappa shape index (κ3) is 5.09. The molecule has 2 aromatic carbocycles. The van der Waals surface area contributed by atoms with Crippen LogP contribution in [0.1, 0.15) is 22.8 Å². The van der Waals surface area contributed by atoms with E-state index in [1.165, 1.54) is 17.4 Å². The summed E-state index contributed by atoms with van der Waals surface area (Å²) < 4.78 is 0. The molecule has 0 atom stereocenters. The second-order valence-electron chi connectivity index (χ2n) is 6.22. The minimum Gasteiger partial charge on any atom is -0.478 e. The van der Waals surface area contributed by atoms with Crippen LogP contribution in [0.5, 0.6) is 0 Å². The van der Waals surface area contributed by atoms with E-state index in [0.29, 0.717) is 28.0 Å². The molecule has 1 heterocycles. The lowest BCUT2D eigenvalue weighted by Gasteiger charge is -2.21. The van der Waals surface area contributed by atoms with E-state index in [4.69, 9.17) is 23.2 Å². The number of benzene rings is 2. The molecule has 2 N–H and O–H groups in total. The summed E-state index contributed by atoms with van der Waals surface area (Å²) in [6, 6.07) is 15.8. The molecule has 3 rings (SSSR count). The highest BCUT2D eigenvalue weighted by Crippen LogP contribution is 2.38. The molecule has 0 aliphatic heterocycles. The van der Waals surface area contributed by atoms with Gasteiger partial charge in [0.2, 0.25) is 0 Å². The van der Waals surface area contributed by atoms with E-state index in [2.05, 4.69) is 5.32 Å². The number of nitrogens with zero attached hydrogens (tertiary/aromatic N) is 1. The van der Waals surface area contributed by atoms with Crippen molar-refractivity contribution in [2.24, 2.45) is 0 Å². The monoisotopic (exact) mass is 448 g/mol. The van der Waals surface area contributed by atoms with Crippen LogP contribution in [0.15, 0.2) is 54.6 Å². The molecule has 5 nitrogen and oxygen atoms in total. The average Bonchev–Trinajstić information content (AvgIpc) is 3.13. The van der Waals surface area contributed by atoms with E-state index < -0.39 is 5.97 Å². The van der Waals surface area contributed by atoms with Gasteiger partial charge in [-0.05, 0) is 36.2 Å². The Morgan fingerprint density at radius 2 is 1.79 bits per heavy atom. The summed E-state index contributed by atoms with van der Waals surface area (Å²) in [7, 11) is 0. The van der Waals surface area contributed by atoms with Crippen molar-refractivity contribution in [3.05, 3.63) is 75.8 Å². The lowest BCUT2D eigenvalue weighted by molar-refractivity contribution is 0.0698. The van der Waals surface area contributed by atoms with Crippen LogP contribution in [0.4, 0.5) is 9.80 Å². The van der Waals surface area contributed by atoms with Gasteiger partial charge in [0.1, 0.15) is 5.00 Å². The molecule has 29 heavy (non-hydrogen) atoms. The van der Waals surface area contributed by atoms with Crippen LogP contribution in [-0.2, 0) is 6.54 Å². The summed E-state index contributed by atoms with van der Waals surface area (Å²) in [4.78, 5) is 26.7. The van der Waals surface area contributed by atoms with E-state index in [-0.39, 0.29) is 16.6 Å². The molecule has 0 fully saturated rings. The maximum absolute atomic E-state index is 12.8. The number of halogens is 2. The number of urea groups is 1. The zero-order chi connectivity index (χ0) is 21.0. The van der Waals surface area contributed by atoms with Crippen molar-refractivity contribution >= 4 is 51.5 Å². The van der Waals surface area contributed by atoms with Gasteiger partial charge in [0.25, 0.3) is 0 Å². The molecule has 2 amide bonds. The first-order valence-corrected chi connectivity index (χ1v) is 10.4. The molecule has 0 saturated carbocycles. The van der Waals surface area contributed by atoms with Crippen LogP contribution in [0.3, 0.4) is 0 Å². The van der Waals surface area contributed by atoms with Gasteiger partial charge in [-0.25, -0.2) is 9.59 Å². The molecule has 0 radical (unpaired) electrons. The Bertz CT molecular complexity index is 1040. The summed E-state index contributed by atoms with van der Waals surface area (Å²) in [6.07, 6.45) is 0. The molecule has 0 saturated heterocycles. The maximum Gasteiger partial charge on any atom is 0.338 e. The fraction of sp³-hybridized carbons (Fsp3) is 0.143. The number of nitrogens with one attached hydrogen (secondary N) is 1. The zero-order valence-electron chi connectivity index (χ0n) is 15.5. The molecule has 3 aromatic rings. The number of hydrogen-bond acceptors (Lipinski definition) is 3. The van der Waals surface area contributed by atoms with E-state index in [1.54, 1.807) is 23.1 Å². The Morgan fingerprint density at radius 3 is 2.41 bits per heavy atom. The molecular formula is C21H18Cl2N2O3S. The lowest BCUT2D eigenvalue weighted by Crippen LogP contribution is -2.34. The normalized spacial score (nSPS) is 10.6. The van der Waals surface area contributed by atoms with Gasteiger partial charge >= 0.3 is 12.0 Å². The molecule has 0 aliphatic rings. The molecule has 0 spiro atoms. The highest BCUT2D eigenvalue weighted by atomic mass is 35.5. The number of amides is 2. The predicted octanol–water partition coefficient (Wildman–Crippen LogP) is 6.47. The van der Waals surface area contributed by atoms with E-state index in [9.17, 15) is 14.7 Å². The number of carbonyl (C=O) groups excluding carboxylic acids is 1. The number of carbonyl (C=O) groups is 2. The molecule has 150 valence electrons. The minimum atomic E-state index is -1.12. The molecule has 1 aromatic heterocycles. The fourth-order valence-electron chi connectivity index (χ4n) is 2.74. The van der Waals surface area contributed by atoms with Crippen LogP contribution in [0.2, 0.25) is 10.0 Å². The van der Waals surface area contributed by atoms with Gasteiger partial charge in [-0.3, -0.25) is 5.32 Å². The standard InChI is InChI=1S/C21H18Cl2N2O3S/c1-2-25(12-13-6-4-3-5-7-13)21(28)24-19-15(20(26)27)11-18(29-19)14-8-9-16(22)17(23)10-14/h3-11H,2,12H2,1H3,(H,24,28)(H,26,27). The van der Waals surface area contributed by atoms with Crippen molar-refractivity contribution in [3.63, 3.8) is 0 Å². The first-order chi connectivity index (χ1) is 13.9. The Morgan fingerprint density at radius 1 is 1.07 bits per heavy atom. The summed E-state index contributed by atoms with van der Waals surface area (Å²) in [5.41, 5.74) is 1.75. The smallest absolute Gasteiger partial charge is 0.338 e. The molecule has 0 unspecified atom stereocenters. The van der Waals surface area contributed by atoms with Crippen molar-refractivity contribution in [2.75, 3.05) is 11.9 Å². The zero-order valence-corrected chi connectivity index (χ0v) is 17.8. The summed E-state index contributed by atoms with van der Waals surface area (Å²) in [6.45, 7) is 2.78. The molecular weight excluding hydrogens is 431 g/mol. The van der Waals surface area contributed by atoms with Crippen molar-refractivity contribution in [1.29, 1.82) is 0 Å². The van der Waals surface area contributed by atoms with Crippen LogP contribution in [-0.4, -0.2) is 28.6 Å². The van der Waals surface area contributed by atoms with Gasteiger partial charge in [0, 0.05) is 18.0 Å². The number of carboxylic acids is 1. The number of carboxylic acid groups (broad SMARTS) is 1. The largest absolute Gasteiger partial charge is 0.478 e. The van der Waals surface area contributed by atoms with Crippen LogP contribution < -0.4 is 5.32 Å². The van der Waals surface area contributed by atoms with Gasteiger partial charge in [0.15, 0.2) is 0 Å². The Balaban J connectivity index is 1.85. The Hall–Kier alpha value is -2.54. The fourth-order valence-corrected chi connectivity index (χ4v) is 4.08. The van der Waals surface area contributed by atoms with Crippen molar-refractivity contribution in [1.82, 2.24) is 4.90 Å². The van der Waals surface area contributed by atoms with Crippen LogP contribution in [0, 0.1) is 0 Å². The van der Waals surface area contributed by atoms with Gasteiger partial charge in [0.05, 0.1) is 15.6 Å². The average molecular weight is 449 g/mol. The highest BCUT2D eigenvalue weighted by molar-refractivity contribution is 7.20. The number of thiophene rings is 1. The van der Waals surface area contributed by atoms with E-state index >= 15 is 0 Å². The first-order valence-electron chi connectivity index (χ1n) is 8.81. The van der Waals surface area contributed by atoms with Crippen molar-refractivity contribution in [2.45, 2.75) is 13.5 Å². The second-order valence-corrected chi connectivity index (χ2v) is 8.08. The molecule has 0 aliphatic carbocycles. The Kier molecular flexibility index (Phi) is 6.79. The molecule has 0 bridgehead atoms. The van der Waals surface area contributed by atoms with Gasteiger partial charge in [-0.2, -0.15) is 0 Å². The van der Waals surface area contributed by atoms with E-state index in [0.717, 1.165) is 11.1 Å². The topological polar surface area (TPSA) is 69.6 Å². The lowest BCUT2D eigenvalue weighted by atomic mass is 10.1. The van der Waals surface area contributed by atoms with E-state index in [1.807, 2.05) is 37.3 Å². The third-order valence-electron chi connectivity index (χ3n) is 4.27. The quantitative estimate of drug-likeness (QED) is 0.453. The van der Waals surface area contributed by atoms with Crippen molar-refractivity contribution in [3.8, 4) is 10.4 Å². The molecule has 8 heteroatoms. The number of hydrogen-bond donors (Lipinski definition) is 2. The van der Waals surface area contributed by atoms with Gasteiger partial charge in [-0.1, -0.05) is 59.6 Å². The predicted molar refractivity (Wildman–Crippen MR) is 118 cm³/mol. The van der Waals surface area contributed by atoms with Crippen molar-refractivity contribution < 1.29 is 14.7 Å². The van der Waals surface area contributed by atoms with Gasteiger partial charge in [-0.15, -0.1) is 11.3 Å². The van der Waals surface area contributed by atoms with Crippen LogP contribution in [0.25, 0.3) is 10.4 Å². The minimum absolute atomic E-state index is 0.0280. The maximum atomic E-state index is 12.8. The van der Waals surface area contributed by atoms with Crippen LogP contribution >= 0.6 is 34.5 Å². The number of rotatable bonds is 6.